The van der Waals surface area contributed by atoms with Crippen LogP contribution in [0.3, 0.4) is 0 Å². The summed E-state index contributed by atoms with van der Waals surface area (Å²) in [5.74, 6) is 2.86. The number of furan rings is 1. The highest BCUT2D eigenvalue weighted by atomic mass is 16.3. The maximum absolute atomic E-state index is 5.73. The van der Waals surface area contributed by atoms with Crippen LogP contribution in [-0.2, 0) is 6.42 Å². The zero-order valence-corrected chi connectivity index (χ0v) is 8.34. The number of rotatable bonds is 2. The lowest BCUT2D eigenvalue weighted by atomic mass is 10.0. The van der Waals surface area contributed by atoms with Gasteiger partial charge in [-0.15, -0.1) is 0 Å². The highest BCUT2D eigenvalue weighted by Gasteiger charge is 2.24. The molecule has 1 aliphatic heterocycles. The van der Waals surface area contributed by atoms with Crippen LogP contribution in [0.2, 0.25) is 0 Å². The fourth-order valence-electron chi connectivity index (χ4n) is 1.96. The van der Waals surface area contributed by atoms with E-state index in [2.05, 4.69) is 31.3 Å². The predicted molar refractivity (Wildman–Crippen MR) is 52.9 cm³/mol. The molecule has 1 aromatic rings. The third-order valence-corrected chi connectivity index (χ3v) is 2.78. The minimum atomic E-state index is 0.593. The van der Waals surface area contributed by atoms with Crippen LogP contribution in [-0.4, -0.2) is 12.6 Å². The Morgan fingerprint density at radius 2 is 2.38 bits per heavy atom. The highest BCUT2D eigenvalue weighted by Crippen LogP contribution is 2.27. The van der Waals surface area contributed by atoms with E-state index in [1.54, 1.807) is 0 Å². The predicted octanol–water partition coefficient (Wildman–Crippen LogP) is 2.31. The van der Waals surface area contributed by atoms with Crippen LogP contribution in [0.25, 0.3) is 0 Å². The van der Waals surface area contributed by atoms with E-state index >= 15 is 0 Å². The summed E-state index contributed by atoms with van der Waals surface area (Å²) in [5, 5.41) is 3.44. The standard InChI is InChI=1S/C11H17NO/c1-3-10-4-5-11(13-10)9-6-8(2)12-7-9/h4-5,8-9,12H,3,6-7H2,1-2H3. The molecular formula is C11H17NO. The van der Waals surface area contributed by atoms with Gasteiger partial charge < -0.3 is 9.73 Å². The molecule has 2 heteroatoms. The Morgan fingerprint density at radius 1 is 1.54 bits per heavy atom. The van der Waals surface area contributed by atoms with E-state index in [4.69, 9.17) is 4.42 Å². The molecule has 0 amide bonds. The Labute approximate surface area is 79.3 Å². The number of hydrogen-bond donors (Lipinski definition) is 1. The molecule has 72 valence electrons. The molecule has 0 bridgehead atoms. The van der Waals surface area contributed by atoms with Gasteiger partial charge in [0.2, 0.25) is 0 Å². The lowest BCUT2D eigenvalue weighted by molar-refractivity contribution is 0.439. The second kappa shape index (κ2) is 3.54. The van der Waals surface area contributed by atoms with Crippen LogP contribution in [0.4, 0.5) is 0 Å². The summed E-state index contributed by atoms with van der Waals surface area (Å²) in [6.45, 7) is 5.42. The van der Waals surface area contributed by atoms with Crippen molar-refractivity contribution in [3.05, 3.63) is 23.7 Å². The second-order valence-corrected chi connectivity index (χ2v) is 3.90. The average molecular weight is 179 g/mol. The second-order valence-electron chi connectivity index (χ2n) is 3.90. The van der Waals surface area contributed by atoms with Gasteiger partial charge in [-0.2, -0.15) is 0 Å². The molecule has 1 aliphatic rings. The van der Waals surface area contributed by atoms with E-state index in [1.807, 2.05) is 0 Å². The summed E-state index contributed by atoms with van der Waals surface area (Å²) in [4.78, 5) is 0. The quantitative estimate of drug-likeness (QED) is 0.753. The lowest BCUT2D eigenvalue weighted by Crippen LogP contribution is -2.16. The van der Waals surface area contributed by atoms with Crippen molar-refractivity contribution in [2.24, 2.45) is 0 Å². The van der Waals surface area contributed by atoms with Gasteiger partial charge in [-0.1, -0.05) is 6.92 Å². The largest absolute Gasteiger partial charge is 0.466 e. The molecule has 0 saturated carbocycles. The minimum absolute atomic E-state index is 0.593. The summed E-state index contributed by atoms with van der Waals surface area (Å²) in [6, 6.07) is 4.86. The van der Waals surface area contributed by atoms with Crippen LogP contribution >= 0.6 is 0 Å². The van der Waals surface area contributed by atoms with Crippen molar-refractivity contribution in [2.45, 2.75) is 38.6 Å². The average Bonchev–Trinajstić information content (AvgIpc) is 2.71. The maximum atomic E-state index is 5.73. The van der Waals surface area contributed by atoms with Gasteiger partial charge >= 0.3 is 0 Å². The third-order valence-electron chi connectivity index (χ3n) is 2.78. The molecule has 1 fully saturated rings. The number of hydrogen-bond acceptors (Lipinski definition) is 2. The summed E-state index contributed by atoms with van der Waals surface area (Å²) in [5.41, 5.74) is 0. The minimum Gasteiger partial charge on any atom is -0.466 e. The van der Waals surface area contributed by atoms with Crippen molar-refractivity contribution in [3.8, 4) is 0 Å². The molecule has 1 aromatic heterocycles. The van der Waals surface area contributed by atoms with E-state index in [9.17, 15) is 0 Å². The molecule has 2 rings (SSSR count). The molecule has 0 aliphatic carbocycles. The van der Waals surface area contributed by atoms with Crippen LogP contribution in [0.15, 0.2) is 16.5 Å². The molecule has 1 N–H and O–H groups in total. The van der Waals surface area contributed by atoms with Crippen LogP contribution in [0.5, 0.6) is 0 Å². The summed E-state index contributed by atoms with van der Waals surface area (Å²) in [6.07, 6.45) is 2.20. The zero-order chi connectivity index (χ0) is 9.26. The van der Waals surface area contributed by atoms with E-state index in [0.29, 0.717) is 12.0 Å². The van der Waals surface area contributed by atoms with Gasteiger partial charge in [0.1, 0.15) is 11.5 Å². The van der Waals surface area contributed by atoms with Crippen LogP contribution in [0, 0.1) is 0 Å². The van der Waals surface area contributed by atoms with Crippen molar-refractivity contribution in [1.82, 2.24) is 5.32 Å². The van der Waals surface area contributed by atoms with Crippen LogP contribution < -0.4 is 5.32 Å². The molecule has 2 unspecified atom stereocenters. The molecule has 0 spiro atoms. The van der Waals surface area contributed by atoms with Crippen molar-refractivity contribution in [2.75, 3.05) is 6.54 Å². The first kappa shape index (κ1) is 8.82. The normalized spacial score (nSPS) is 28.2. The van der Waals surface area contributed by atoms with E-state index in [0.717, 1.165) is 24.5 Å². The maximum Gasteiger partial charge on any atom is 0.108 e. The van der Waals surface area contributed by atoms with E-state index in [-0.39, 0.29) is 0 Å². The zero-order valence-electron chi connectivity index (χ0n) is 8.34. The van der Waals surface area contributed by atoms with Crippen molar-refractivity contribution < 1.29 is 4.42 Å². The van der Waals surface area contributed by atoms with Crippen molar-refractivity contribution in [1.29, 1.82) is 0 Å². The Balaban J connectivity index is 2.08. The van der Waals surface area contributed by atoms with E-state index < -0.39 is 0 Å². The molecule has 0 aromatic carbocycles. The number of nitrogens with one attached hydrogen (secondary N) is 1. The summed E-state index contributed by atoms with van der Waals surface area (Å²) >= 11 is 0. The molecule has 0 radical (unpaired) electrons. The summed E-state index contributed by atoms with van der Waals surface area (Å²) < 4.78 is 5.73. The van der Waals surface area contributed by atoms with E-state index in [1.165, 1.54) is 6.42 Å². The van der Waals surface area contributed by atoms with Gasteiger partial charge in [0.25, 0.3) is 0 Å². The monoisotopic (exact) mass is 179 g/mol. The fourth-order valence-corrected chi connectivity index (χ4v) is 1.96. The van der Waals surface area contributed by atoms with Crippen molar-refractivity contribution >= 4 is 0 Å². The first-order chi connectivity index (χ1) is 6.29. The molecule has 2 atom stereocenters. The molecule has 1 saturated heterocycles. The van der Waals surface area contributed by atoms with Gasteiger partial charge in [0.15, 0.2) is 0 Å². The first-order valence-electron chi connectivity index (χ1n) is 5.11. The van der Waals surface area contributed by atoms with Gasteiger partial charge in [-0.3, -0.25) is 0 Å². The van der Waals surface area contributed by atoms with Gasteiger partial charge in [-0.25, -0.2) is 0 Å². The Kier molecular flexibility index (Phi) is 2.40. The van der Waals surface area contributed by atoms with Gasteiger partial charge in [-0.05, 0) is 25.5 Å². The SMILES string of the molecule is CCc1ccc(C2CNC(C)C2)o1. The van der Waals surface area contributed by atoms with Crippen LogP contribution in [0.1, 0.15) is 37.7 Å². The topological polar surface area (TPSA) is 25.2 Å². The Bertz CT molecular complexity index is 279. The molecule has 2 nitrogen and oxygen atoms in total. The number of aryl methyl sites for hydroxylation is 1. The van der Waals surface area contributed by atoms with Crippen molar-refractivity contribution in [3.63, 3.8) is 0 Å². The highest BCUT2D eigenvalue weighted by molar-refractivity contribution is 5.13. The first-order valence-corrected chi connectivity index (χ1v) is 5.11. The Hall–Kier alpha value is -0.760. The molecular weight excluding hydrogens is 162 g/mol. The molecule has 2 heterocycles. The lowest BCUT2D eigenvalue weighted by Gasteiger charge is -2.03. The van der Waals surface area contributed by atoms with Gasteiger partial charge in [0, 0.05) is 24.9 Å². The smallest absolute Gasteiger partial charge is 0.108 e. The molecule has 13 heavy (non-hydrogen) atoms. The Morgan fingerprint density at radius 3 is 2.92 bits per heavy atom. The van der Waals surface area contributed by atoms with Gasteiger partial charge in [0.05, 0.1) is 0 Å². The fraction of sp³-hybridized carbons (Fsp3) is 0.636. The third kappa shape index (κ3) is 1.78. The summed E-state index contributed by atoms with van der Waals surface area (Å²) in [7, 11) is 0.